The van der Waals surface area contributed by atoms with Gasteiger partial charge in [-0.2, -0.15) is 5.10 Å². The predicted octanol–water partition coefficient (Wildman–Crippen LogP) is 2.41. The molecule has 0 radical (unpaired) electrons. The van der Waals surface area contributed by atoms with Gasteiger partial charge in [0.25, 0.3) is 11.5 Å². The fraction of sp³-hybridized carbons (Fsp3) is 0.308. The minimum atomic E-state index is -0.403. The molecule has 0 aliphatic carbocycles. The maximum Gasteiger partial charge on any atom is 0.291 e. The molecule has 4 aromatic rings. The van der Waals surface area contributed by atoms with Crippen molar-refractivity contribution in [3.05, 3.63) is 70.6 Å². The zero-order valence-electron chi connectivity index (χ0n) is 19.8. The van der Waals surface area contributed by atoms with Crippen LogP contribution in [0.15, 0.2) is 59.4 Å². The standard InChI is InChI=1S/C26H27N5O4/c1-3-30(18-9-5-4-6-10-18)25(33)23-22-19-11-7-8-12-20(19)28(2)24(22)26(34)31(27-23)17-21(32)29-13-15-35-16-14-29/h4-12H,3,13-17H2,1-2H3. The molecule has 1 aliphatic rings. The summed E-state index contributed by atoms with van der Waals surface area (Å²) in [6.45, 7) is 3.92. The number of amides is 2. The summed E-state index contributed by atoms with van der Waals surface area (Å²) in [7, 11) is 1.79. The van der Waals surface area contributed by atoms with Crippen LogP contribution in [0.3, 0.4) is 0 Å². The van der Waals surface area contributed by atoms with E-state index >= 15 is 0 Å². The van der Waals surface area contributed by atoms with E-state index in [2.05, 4.69) is 5.10 Å². The first-order chi connectivity index (χ1) is 17.0. The van der Waals surface area contributed by atoms with E-state index in [-0.39, 0.29) is 24.1 Å². The van der Waals surface area contributed by atoms with E-state index in [9.17, 15) is 14.4 Å². The van der Waals surface area contributed by atoms with Gasteiger partial charge in [-0.1, -0.05) is 36.4 Å². The van der Waals surface area contributed by atoms with Crippen LogP contribution in [0.1, 0.15) is 17.4 Å². The highest BCUT2D eigenvalue weighted by atomic mass is 16.5. The molecule has 2 aromatic heterocycles. The molecule has 1 saturated heterocycles. The van der Waals surface area contributed by atoms with Crippen molar-refractivity contribution >= 4 is 39.3 Å². The van der Waals surface area contributed by atoms with Crippen molar-refractivity contribution in [2.75, 3.05) is 37.7 Å². The van der Waals surface area contributed by atoms with E-state index in [0.717, 1.165) is 21.3 Å². The number of morpholine rings is 1. The second-order valence-corrected chi connectivity index (χ2v) is 8.49. The van der Waals surface area contributed by atoms with E-state index in [1.54, 1.807) is 21.4 Å². The van der Waals surface area contributed by atoms with Crippen LogP contribution in [0.25, 0.3) is 21.8 Å². The fourth-order valence-electron chi connectivity index (χ4n) is 4.70. The number of carbonyl (C=O) groups is 2. The van der Waals surface area contributed by atoms with E-state index in [0.29, 0.717) is 43.8 Å². The molecule has 0 spiro atoms. The van der Waals surface area contributed by atoms with Crippen molar-refractivity contribution in [1.29, 1.82) is 0 Å². The second kappa shape index (κ2) is 9.34. The number of carbonyl (C=O) groups excluding carboxylic acids is 2. The highest BCUT2D eigenvalue weighted by molar-refractivity contribution is 6.20. The van der Waals surface area contributed by atoms with E-state index in [4.69, 9.17) is 4.74 Å². The van der Waals surface area contributed by atoms with Crippen LogP contribution in [-0.4, -0.2) is 63.9 Å². The van der Waals surface area contributed by atoms with Crippen molar-refractivity contribution in [2.45, 2.75) is 13.5 Å². The van der Waals surface area contributed by atoms with Gasteiger partial charge in [-0.3, -0.25) is 14.4 Å². The van der Waals surface area contributed by atoms with Crippen LogP contribution in [-0.2, 0) is 23.1 Å². The fourth-order valence-corrected chi connectivity index (χ4v) is 4.70. The Morgan fingerprint density at radius 3 is 2.43 bits per heavy atom. The number of ether oxygens (including phenoxy) is 1. The number of hydrogen-bond donors (Lipinski definition) is 0. The van der Waals surface area contributed by atoms with Gasteiger partial charge in [0.2, 0.25) is 5.91 Å². The van der Waals surface area contributed by atoms with Crippen LogP contribution < -0.4 is 10.5 Å². The molecule has 0 bridgehead atoms. The molecule has 9 nitrogen and oxygen atoms in total. The summed E-state index contributed by atoms with van der Waals surface area (Å²) in [5.41, 5.74) is 1.65. The maximum absolute atomic E-state index is 13.9. The van der Waals surface area contributed by atoms with Crippen molar-refractivity contribution in [3.8, 4) is 0 Å². The average molecular weight is 474 g/mol. The summed E-state index contributed by atoms with van der Waals surface area (Å²) in [6, 6.07) is 16.9. The first-order valence-electron chi connectivity index (χ1n) is 11.7. The molecule has 180 valence electrons. The summed E-state index contributed by atoms with van der Waals surface area (Å²) >= 11 is 0. The van der Waals surface area contributed by atoms with E-state index in [1.165, 1.54) is 0 Å². The van der Waals surface area contributed by atoms with E-state index < -0.39 is 5.56 Å². The molecular formula is C26H27N5O4. The zero-order chi connectivity index (χ0) is 24.5. The second-order valence-electron chi connectivity index (χ2n) is 8.49. The zero-order valence-corrected chi connectivity index (χ0v) is 19.8. The third-order valence-electron chi connectivity index (χ3n) is 6.48. The van der Waals surface area contributed by atoms with Gasteiger partial charge in [-0.05, 0) is 25.1 Å². The SMILES string of the molecule is CCN(C(=O)c1nn(CC(=O)N2CCOCC2)c(=O)c2c1c1ccccc1n2C)c1ccccc1. The van der Waals surface area contributed by atoms with Crippen LogP contribution in [0.5, 0.6) is 0 Å². The molecule has 3 heterocycles. The largest absolute Gasteiger partial charge is 0.378 e. The summed E-state index contributed by atoms with van der Waals surface area (Å²) in [5.74, 6) is -0.553. The molecule has 35 heavy (non-hydrogen) atoms. The van der Waals surface area contributed by atoms with Crippen molar-refractivity contribution in [3.63, 3.8) is 0 Å². The Balaban J connectivity index is 1.70. The van der Waals surface area contributed by atoms with Crippen molar-refractivity contribution < 1.29 is 14.3 Å². The molecule has 5 rings (SSSR count). The number of rotatable bonds is 5. The van der Waals surface area contributed by atoms with Gasteiger partial charge in [0.1, 0.15) is 12.1 Å². The van der Waals surface area contributed by atoms with Crippen LogP contribution in [0, 0.1) is 0 Å². The molecule has 0 unspecified atom stereocenters. The molecule has 9 heteroatoms. The van der Waals surface area contributed by atoms with Gasteiger partial charge in [-0.15, -0.1) is 0 Å². The van der Waals surface area contributed by atoms with Crippen molar-refractivity contribution in [1.82, 2.24) is 19.2 Å². The highest BCUT2D eigenvalue weighted by Crippen LogP contribution is 2.29. The number of para-hydroxylation sites is 2. The van der Waals surface area contributed by atoms with Crippen LogP contribution in [0.4, 0.5) is 5.69 Å². The van der Waals surface area contributed by atoms with Crippen LogP contribution >= 0.6 is 0 Å². The predicted molar refractivity (Wildman–Crippen MR) is 134 cm³/mol. The quantitative estimate of drug-likeness (QED) is 0.444. The molecule has 1 aliphatic heterocycles. The summed E-state index contributed by atoms with van der Waals surface area (Å²) in [6.07, 6.45) is 0. The number of aromatic nitrogens is 3. The normalized spacial score (nSPS) is 13.9. The molecule has 2 aromatic carbocycles. The number of anilines is 1. The van der Waals surface area contributed by atoms with Gasteiger partial charge >= 0.3 is 0 Å². The van der Waals surface area contributed by atoms with Gasteiger partial charge < -0.3 is 19.1 Å². The maximum atomic E-state index is 13.9. The molecule has 0 N–H and O–H groups in total. The average Bonchev–Trinajstić information content (AvgIpc) is 3.20. The monoisotopic (exact) mass is 473 g/mol. The Labute approximate surface area is 202 Å². The third kappa shape index (κ3) is 3.97. The number of aryl methyl sites for hydroxylation is 1. The lowest BCUT2D eigenvalue weighted by atomic mass is 10.1. The number of benzene rings is 2. The third-order valence-corrected chi connectivity index (χ3v) is 6.48. The Hall–Kier alpha value is -3.98. The molecule has 2 amide bonds. The number of nitrogens with zero attached hydrogens (tertiary/aromatic N) is 5. The molecular weight excluding hydrogens is 446 g/mol. The lowest BCUT2D eigenvalue weighted by molar-refractivity contribution is -0.136. The number of hydrogen-bond acceptors (Lipinski definition) is 5. The van der Waals surface area contributed by atoms with Gasteiger partial charge in [-0.25, -0.2) is 4.68 Å². The topological polar surface area (TPSA) is 89.7 Å². The minimum absolute atomic E-state index is 0.150. The Bertz CT molecular complexity index is 1470. The van der Waals surface area contributed by atoms with Gasteiger partial charge in [0, 0.05) is 48.7 Å². The molecule has 1 fully saturated rings. The summed E-state index contributed by atoms with van der Waals surface area (Å²) in [5, 5.41) is 5.79. The van der Waals surface area contributed by atoms with Gasteiger partial charge in [0.05, 0.1) is 13.2 Å². The Morgan fingerprint density at radius 1 is 1.03 bits per heavy atom. The minimum Gasteiger partial charge on any atom is -0.378 e. The summed E-state index contributed by atoms with van der Waals surface area (Å²) in [4.78, 5) is 43.8. The molecule has 0 atom stereocenters. The Morgan fingerprint density at radius 2 is 1.71 bits per heavy atom. The first-order valence-corrected chi connectivity index (χ1v) is 11.7. The smallest absolute Gasteiger partial charge is 0.291 e. The number of fused-ring (bicyclic) bond motifs is 3. The highest BCUT2D eigenvalue weighted by Gasteiger charge is 2.27. The van der Waals surface area contributed by atoms with Crippen LogP contribution in [0.2, 0.25) is 0 Å². The lowest BCUT2D eigenvalue weighted by Crippen LogP contribution is -2.44. The lowest BCUT2D eigenvalue weighted by Gasteiger charge is -2.27. The first kappa shape index (κ1) is 22.8. The Kier molecular flexibility index (Phi) is 6.08. The summed E-state index contributed by atoms with van der Waals surface area (Å²) < 4.78 is 8.24. The van der Waals surface area contributed by atoms with Crippen molar-refractivity contribution in [2.24, 2.45) is 7.05 Å². The van der Waals surface area contributed by atoms with E-state index in [1.807, 2.05) is 61.5 Å². The molecule has 0 saturated carbocycles. The van der Waals surface area contributed by atoms with Gasteiger partial charge in [0.15, 0.2) is 5.69 Å².